The number of nitrogens with two attached hydrogens (primary N) is 1. The molecule has 1 aromatic rings. The zero-order chi connectivity index (χ0) is 10.6. The minimum absolute atomic E-state index is 0.223. The summed E-state index contributed by atoms with van der Waals surface area (Å²) in [5.74, 6) is 1.14. The van der Waals surface area contributed by atoms with Gasteiger partial charge in [0.05, 0.1) is 5.69 Å². The van der Waals surface area contributed by atoms with Crippen LogP contribution < -0.4 is 11.1 Å². The molecule has 0 aliphatic heterocycles. The third-order valence-corrected chi connectivity index (χ3v) is 2.10. The molecule has 1 atom stereocenters. The van der Waals surface area contributed by atoms with Gasteiger partial charge >= 0.3 is 0 Å². The van der Waals surface area contributed by atoms with Gasteiger partial charge in [-0.05, 0) is 12.3 Å². The van der Waals surface area contributed by atoms with Crippen molar-refractivity contribution in [2.24, 2.45) is 13.0 Å². The number of aromatic nitrogens is 2. The fraction of sp³-hybridized carbons (Fsp3) is 0.667. The Balaban J connectivity index is 2.41. The van der Waals surface area contributed by atoms with Crippen LogP contribution in [0.2, 0.25) is 0 Å². The summed E-state index contributed by atoms with van der Waals surface area (Å²) in [6.45, 7) is 3.07. The predicted molar refractivity (Wildman–Crippen MR) is 57.0 cm³/mol. The number of aryl methyl sites for hydroxylation is 1. The Kier molecular flexibility index (Phi) is 3.76. The molecule has 1 aromatic heterocycles. The molecule has 0 aromatic carbocycles. The number of hydrogen-bond donors (Lipinski definition) is 3. The average molecular weight is 198 g/mol. The number of nitrogens with one attached hydrogen (secondary N) is 1. The van der Waals surface area contributed by atoms with E-state index in [-0.39, 0.29) is 6.61 Å². The predicted octanol–water partition coefficient (Wildman–Crippen LogP) is 0.433. The van der Waals surface area contributed by atoms with E-state index < -0.39 is 0 Å². The second-order valence-electron chi connectivity index (χ2n) is 3.61. The van der Waals surface area contributed by atoms with Gasteiger partial charge in [0.25, 0.3) is 0 Å². The number of aliphatic hydroxyl groups is 1. The van der Waals surface area contributed by atoms with Crippen LogP contribution in [0.4, 0.5) is 11.5 Å². The van der Waals surface area contributed by atoms with Crippen LogP contribution in [-0.2, 0) is 7.05 Å². The molecule has 0 saturated carbocycles. The third-order valence-electron chi connectivity index (χ3n) is 2.10. The average Bonchev–Trinajstić information content (AvgIpc) is 2.42. The van der Waals surface area contributed by atoms with Gasteiger partial charge in [-0.2, -0.15) is 5.10 Å². The van der Waals surface area contributed by atoms with Gasteiger partial charge in [-0.15, -0.1) is 0 Å². The molecule has 0 bridgehead atoms. The summed E-state index contributed by atoms with van der Waals surface area (Å²) in [7, 11) is 1.83. The molecule has 0 saturated heterocycles. The van der Waals surface area contributed by atoms with Crippen molar-refractivity contribution in [1.82, 2.24) is 9.78 Å². The number of nitrogen functional groups attached to an aromatic ring is 1. The second kappa shape index (κ2) is 4.85. The number of anilines is 2. The first-order chi connectivity index (χ1) is 6.63. The van der Waals surface area contributed by atoms with Crippen LogP contribution in [0, 0.1) is 5.92 Å². The first kappa shape index (κ1) is 10.8. The van der Waals surface area contributed by atoms with Gasteiger partial charge in [-0.3, -0.25) is 4.68 Å². The zero-order valence-electron chi connectivity index (χ0n) is 8.70. The monoisotopic (exact) mass is 198 g/mol. The number of nitrogens with zero attached hydrogens (tertiary/aromatic N) is 2. The maximum absolute atomic E-state index is 8.72. The van der Waals surface area contributed by atoms with Crippen molar-refractivity contribution in [2.45, 2.75) is 13.3 Å². The highest BCUT2D eigenvalue weighted by molar-refractivity contribution is 5.59. The summed E-state index contributed by atoms with van der Waals surface area (Å²) in [5.41, 5.74) is 6.36. The topological polar surface area (TPSA) is 76.1 Å². The molecule has 0 aliphatic rings. The summed E-state index contributed by atoms with van der Waals surface area (Å²) in [5, 5.41) is 16.0. The Morgan fingerprint density at radius 2 is 2.43 bits per heavy atom. The normalized spacial score (nSPS) is 12.8. The summed E-state index contributed by atoms with van der Waals surface area (Å²) in [6, 6.07) is 0. The van der Waals surface area contributed by atoms with E-state index in [0.717, 1.165) is 18.8 Å². The van der Waals surface area contributed by atoms with Crippen LogP contribution in [0.15, 0.2) is 6.20 Å². The standard InChI is InChI=1S/C9H18N4O/c1-7(3-4-14)5-11-9-8(10)6-13(2)12-9/h6-7,14H,3-5,10H2,1-2H3,(H,11,12). The van der Waals surface area contributed by atoms with Gasteiger partial charge in [-0.1, -0.05) is 6.92 Å². The van der Waals surface area contributed by atoms with E-state index in [2.05, 4.69) is 17.3 Å². The maximum Gasteiger partial charge on any atom is 0.171 e. The van der Waals surface area contributed by atoms with Crippen molar-refractivity contribution in [2.75, 3.05) is 24.2 Å². The smallest absolute Gasteiger partial charge is 0.171 e. The van der Waals surface area contributed by atoms with Crippen LogP contribution >= 0.6 is 0 Å². The van der Waals surface area contributed by atoms with Gasteiger partial charge < -0.3 is 16.2 Å². The van der Waals surface area contributed by atoms with Gasteiger partial charge in [0.1, 0.15) is 0 Å². The van der Waals surface area contributed by atoms with Gasteiger partial charge in [0.2, 0.25) is 0 Å². The first-order valence-electron chi connectivity index (χ1n) is 4.77. The van der Waals surface area contributed by atoms with E-state index in [9.17, 15) is 0 Å². The molecule has 14 heavy (non-hydrogen) atoms. The highest BCUT2D eigenvalue weighted by Crippen LogP contribution is 2.14. The lowest BCUT2D eigenvalue weighted by molar-refractivity contribution is 0.266. The Morgan fingerprint density at radius 3 is 2.93 bits per heavy atom. The molecular formula is C9H18N4O. The molecule has 0 amide bonds. The first-order valence-corrected chi connectivity index (χ1v) is 4.77. The van der Waals surface area contributed by atoms with Crippen molar-refractivity contribution in [3.8, 4) is 0 Å². The minimum atomic E-state index is 0.223. The molecule has 1 rings (SSSR count). The highest BCUT2D eigenvalue weighted by atomic mass is 16.3. The second-order valence-corrected chi connectivity index (χ2v) is 3.61. The summed E-state index contributed by atoms with van der Waals surface area (Å²) in [6.07, 6.45) is 2.55. The molecule has 80 valence electrons. The zero-order valence-corrected chi connectivity index (χ0v) is 8.70. The van der Waals surface area contributed by atoms with Crippen molar-refractivity contribution in [3.63, 3.8) is 0 Å². The molecule has 4 N–H and O–H groups in total. The Bertz CT molecular complexity index is 284. The molecule has 0 fully saturated rings. The molecule has 1 heterocycles. The molecule has 5 nitrogen and oxygen atoms in total. The third kappa shape index (κ3) is 2.92. The van der Waals surface area contributed by atoms with Crippen molar-refractivity contribution < 1.29 is 5.11 Å². The number of aliphatic hydroxyl groups excluding tert-OH is 1. The van der Waals surface area contributed by atoms with Crippen molar-refractivity contribution in [1.29, 1.82) is 0 Å². The van der Waals surface area contributed by atoms with Crippen LogP contribution in [0.3, 0.4) is 0 Å². The molecular weight excluding hydrogens is 180 g/mol. The maximum atomic E-state index is 8.72. The highest BCUT2D eigenvalue weighted by Gasteiger charge is 2.05. The van der Waals surface area contributed by atoms with E-state index in [0.29, 0.717) is 11.6 Å². The van der Waals surface area contributed by atoms with E-state index in [1.807, 2.05) is 7.05 Å². The van der Waals surface area contributed by atoms with Crippen LogP contribution in [0.25, 0.3) is 0 Å². The number of rotatable bonds is 5. The van der Waals surface area contributed by atoms with E-state index in [4.69, 9.17) is 10.8 Å². The van der Waals surface area contributed by atoms with Crippen molar-refractivity contribution >= 4 is 11.5 Å². The Hall–Kier alpha value is -1.23. The largest absolute Gasteiger partial charge is 0.396 e. The fourth-order valence-electron chi connectivity index (χ4n) is 1.24. The van der Waals surface area contributed by atoms with Gasteiger partial charge in [0, 0.05) is 26.4 Å². The van der Waals surface area contributed by atoms with Crippen LogP contribution in [0.5, 0.6) is 0 Å². The lowest BCUT2D eigenvalue weighted by Gasteiger charge is -2.10. The van der Waals surface area contributed by atoms with Gasteiger partial charge in [0.15, 0.2) is 5.82 Å². The molecule has 0 aliphatic carbocycles. The quantitative estimate of drug-likeness (QED) is 0.641. The minimum Gasteiger partial charge on any atom is -0.396 e. The Morgan fingerprint density at radius 1 is 1.71 bits per heavy atom. The van der Waals surface area contributed by atoms with E-state index in [1.54, 1.807) is 10.9 Å². The molecule has 0 spiro atoms. The van der Waals surface area contributed by atoms with E-state index in [1.165, 1.54) is 0 Å². The van der Waals surface area contributed by atoms with Crippen LogP contribution in [0.1, 0.15) is 13.3 Å². The molecule has 1 unspecified atom stereocenters. The summed E-state index contributed by atoms with van der Waals surface area (Å²) < 4.78 is 1.67. The fourth-order valence-corrected chi connectivity index (χ4v) is 1.24. The lowest BCUT2D eigenvalue weighted by Crippen LogP contribution is -2.13. The number of hydrogen-bond acceptors (Lipinski definition) is 4. The molecule has 5 heteroatoms. The SMILES string of the molecule is CC(CCO)CNc1nn(C)cc1N. The van der Waals surface area contributed by atoms with Crippen molar-refractivity contribution in [3.05, 3.63) is 6.20 Å². The summed E-state index contributed by atoms with van der Waals surface area (Å²) in [4.78, 5) is 0. The summed E-state index contributed by atoms with van der Waals surface area (Å²) >= 11 is 0. The van der Waals surface area contributed by atoms with Crippen LogP contribution in [-0.4, -0.2) is 28.0 Å². The van der Waals surface area contributed by atoms with E-state index >= 15 is 0 Å². The lowest BCUT2D eigenvalue weighted by atomic mass is 10.1. The Labute approximate surface area is 83.9 Å². The molecule has 0 radical (unpaired) electrons. The van der Waals surface area contributed by atoms with Gasteiger partial charge in [-0.25, -0.2) is 0 Å².